The number of carbonyl (C=O) groups is 1. The van der Waals surface area contributed by atoms with Crippen molar-refractivity contribution in [2.45, 2.75) is 6.92 Å². The minimum absolute atomic E-state index is 0.542. The lowest BCUT2D eigenvalue weighted by atomic mass is 10.2. The number of aryl methyl sites for hydroxylation is 1. The summed E-state index contributed by atoms with van der Waals surface area (Å²) in [4.78, 5) is 17.7. The van der Waals surface area contributed by atoms with Crippen molar-refractivity contribution >= 4 is 28.9 Å². The highest BCUT2D eigenvalue weighted by atomic mass is 35.5. The van der Waals surface area contributed by atoms with Gasteiger partial charge in [0.1, 0.15) is 5.52 Å². The van der Waals surface area contributed by atoms with Gasteiger partial charge in [0.05, 0.1) is 16.1 Å². The number of aromatic amines is 1. The van der Waals surface area contributed by atoms with E-state index in [4.69, 9.17) is 11.6 Å². The van der Waals surface area contributed by atoms with Crippen molar-refractivity contribution in [1.29, 1.82) is 0 Å². The van der Waals surface area contributed by atoms with E-state index in [9.17, 15) is 4.79 Å². The molecule has 0 aliphatic heterocycles. The second-order valence-corrected chi connectivity index (χ2v) is 3.24. The Hall–Kier alpha value is -1.35. The summed E-state index contributed by atoms with van der Waals surface area (Å²) in [5, 5.41) is 0.593. The third-order valence-corrected chi connectivity index (χ3v) is 2.17. The lowest BCUT2D eigenvalue weighted by molar-refractivity contribution is 0.112. The highest BCUT2D eigenvalue weighted by Gasteiger charge is 2.07. The first-order chi connectivity index (χ1) is 6.22. The number of aldehydes is 1. The molecule has 13 heavy (non-hydrogen) atoms. The summed E-state index contributed by atoms with van der Waals surface area (Å²) in [7, 11) is 0. The van der Waals surface area contributed by atoms with E-state index in [1.54, 1.807) is 12.3 Å². The number of nitrogens with zero attached hydrogens (tertiary/aromatic N) is 1. The van der Waals surface area contributed by atoms with Crippen molar-refractivity contribution in [2.75, 3.05) is 0 Å². The van der Waals surface area contributed by atoms with Crippen LogP contribution in [0.4, 0.5) is 0 Å². The van der Waals surface area contributed by atoms with E-state index in [1.807, 2.05) is 6.92 Å². The van der Waals surface area contributed by atoms with Gasteiger partial charge in [-0.25, -0.2) is 0 Å². The van der Waals surface area contributed by atoms with E-state index >= 15 is 0 Å². The van der Waals surface area contributed by atoms with Gasteiger partial charge in [0.2, 0.25) is 0 Å². The molecule has 66 valence electrons. The fourth-order valence-corrected chi connectivity index (χ4v) is 1.59. The molecular formula is C9H7ClN2O. The molecule has 0 amide bonds. The zero-order valence-corrected chi connectivity index (χ0v) is 7.72. The Bertz CT molecular complexity index is 476. The van der Waals surface area contributed by atoms with E-state index in [0.29, 0.717) is 16.1 Å². The zero-order chi connectivity index (χ0) is 9.42. The summed E-state index contributed by atoms with van der Waals surface area (Å²) in [5.41, 5.74) is 2.70. The van der Waals surface area contributed by atoms with Crippen molar-refractivity contribution in [2.24, 2.45) is 0 Å². The lowest BCUT2D eigenvalue weighted by Gasteiger charge is -1.96. The van der Waals surface area contributed by atoms with Gasteiger partial charge in [-0.15, -0.1) is 0 Å². The molecule has 1 N–H and O–H groups in total. The molecule has 0 bridgehead atoms. The average molecular weight is 195 g/mol. The molecule has 0 aliphatic carbocycles. The fraction of sp³-hybridized carbons (Fsp3) is 0.111. The summed E-state index contributed by atoms with van der Waals surface area (Å²) in [6.07, 6.45) is 2.37. The van der Waals surface area contributed by atoms with E-state index in [-0.39, 0.29) is 0 Å². The molecule has 0 spiro atoms. The minimum Gasteiger partial charge on any atom is -0.358 e. The monoisotopic (exact) mass is 194 g/mol. The molecule has 0 unspecified atom stereocenters. The number of hydrogen-bond acceptors (Lipinski definition) is 2. The van der Waals surface area contributed by atoms with Crippen LogP contribution in [0.5, 0.6) is 0 Å². The van der Waals surface area contributed by atoms with Crippen LogP contribution in [0.15, 0.2) is 12.3 Å². The average Bonchev–Trinajstić information content (AvgIpc) is 2.47. The number of pyridine rings is 1. The van der Waals surface area contributed by atoms with Crippen molar-refractivity contribution in [3.05, 3.63) is 28.5 Å². The molecule has 2 aromatic heterocycles. The number of hydrogen-bond donors (Lipinski definition) is 1. The standard InChI is InChI=1S/C9H7ClN2O/c1-5-2-7(10)9-8(12-5)6(4-13)3-11-9/h2-4,11H,1H3. The topological polar surface area (TPSA) is 45.8 Å². The largest absolute Gasteiger partial charge is 0.358 e. The molecule has 4 heteroatoms. The Labute approximate surface area is 79.7 Å². The van der Waals surface area contributed by atoms with Crippen LogP contribution in [0, 0.1) is 6.92 Å². The maximum atomic E-state index is 10.6. The molecule has 0 fully saturated rings. The summed E-state index contributed by atoms with van der Waals surface area (Å²) in [6.45, 7) is 1.84. The first-order valence-corrected chi connectivity index (χ1v) is 4.19. The number of nitrogens with one attached hydrogen (secondary N) is 1. The van der Waals surface area contributed by atoms with Crippen LogP contribution in [0.2, 0.25) is 5.02 Å². The number of halogens is 1. The maximum absolute atomic E-state index is 10.6. The molecule has 0 saturated heterocycles. The van der Waals surface area contributed by atoms with Gasteiger partial charge in [-0.1, -0.05) is 11.6 Å². The molecule has 0 saturated carbocycles. The van der Waals surface area contributed by atoms with Crippen LogP contribution in [0.1, 0.15) is 16.1 Å². The summed E-state index contributed by atoms with van der Waals surface area (Å²) in [5.74, 6) is 0. The van der Waals surface area contributed by atoms with Crippen LogP contribution in [0.3, 0.4) is 0 Å². The fourth-order valence-electron chi connectivity index (χ4n) is 1.29. The molecule has 2 rings (SSSR count). The number of rotatable bonds is 1. The summed E-state index contributed by atoms with van der Waals surface area (Å²) < 4.78 is 0. The van der Waals surface area contributed by atoms with Gasteiger partial charge in [0.15, 0.2) is 6.29 Å². The van der Waals surface area contributed by atoms with Crippen molar-refractivity contribution in [3.8, 4) is 0 Å². The van der Waals surface area contributed by atoms with Crippen molar-refractivity contribution in [3.63, 3.8) is 0 Å². The molecule has 3 nitrogen and oxygen atoms in total. The van der Waals surface area contributed by atoms with Crippen LogP contribution in [-0.4, -0.2) is 16.3 Å². The van der Waals surface area contributed by atoms with Crippen molar-refractivity contribution in [1.82, 2.24) is 9.97 Å². The van der Waals surface area contributed by atoms with E-state index in [1.165, 1.54) is 0 Å². The smallest absolute Gasteiger partial charge is 0.153 e. The Morgan fingerprint density at radius 3 is 3.08 bits per heavy atom. The Morgan fingerprint density at radius 2 is 2.38 bits per heavy atom. The predicted molar refractivity (Wildman–Crippen MR) is 51.2 cm³/mol. The number of fused-ring (bicyclic) bond motifs is 1. The number of H-pyrrole nitrogens is 1. The Morgan fingerprint density at radius 1 is 1.62 bits per heavy atom. The van der Waals surface area contributed by atoms with Crippen LogP contribution in [0.25, 0.3) is 11.0 Å². The third kappa shape index (κ3) is 1.21. The van der Waals surface area contributed by atoms with Crippen molar-refractivity contribution < 1.29 is 4.79 Å². The van der Waals surface area contributed by atoms with Gasteiger partial charge in [-0.3, -0.25) is 9.78 Å². The molecule has 0 aromatic carbocycles. The Balaban J connectivity index is 2.89. The molecule has 0 atom stereocenters. The van der Waals surface area contributed by atoms with E-state index in [2.05, 4.69) is 9.97 Å². The van der Waals surface area contributed by atoms with Crippen LogP contribution < -0.4 is 0 Å². The molecule has 2 aromatic rings. The zero-order valence-electron chi connectivity index (χ0n) is 6.97. The molecular weight excluding hydrogens is 188 g/mol. The van der Waals surface area contributed by atoms with E-state index in [0.717, 1.165) is 17.5 Å². The number of aromatic nitrogens is 2. The Kier molecular flexibility index (Phi) is 1.81. The second kappa shape index (κ2) is 2.85. The summed E-state index contributed by atoms with van der Waals surface area (Å²) in [6, 6.07) is 1.76. The van der Waals surface area contributed by atoms with Gasteiger partial charge >= 0.3 is 0 Å². The lowest BCUT2D eigenvalue weighted by Crippen LogP contribution is -1.84. The first kappa shape index (κ1) is 8.26. The first-order valence-electron chi connectivity index (χ1n) is 3.82. The SMILES string of the molecule is Cc1cc(Cl)c2[nH]cc(C=O)c2n1. The van der Waals surface area contributed by atoms with Gasteiger partial charge in [-0.2, -0.15) is 0 Å². The van der Waals surface area contributed by atoms with Gasteiger partial charge in [-0.05, 0) is 13.0 Å². The molecule has 0 radical (unpaired) electrons. The normalized spacial score (nSPS) is 10.6. The van der Waals surface area contributed by atoms with Gasteiger partial charge < -0.3 is 4.98 Å². The quantitative estimate of drug-likeness (QED) is 0.709. The highest BCUT2D eigenvalue weighted by Crippen LogP contribution is 2.23. The molecule has 2 heterocycles. The van der Waals surface area contributed by atoms with Gasteiger partial charge in [0.25, 0.3) is 0 Å². The van der Waals surface area contributed by atoms with E-state index < -0.39 is 0 Å². The third-order valence-electron chi connectivity index (χ3n) is 1.87. The second-order valence-electron chi connectivity index (χ2n) is 2.83. The van der Waals surface area contributed by atoms with Crippen LogP contribution in [-0.2, 0) is 0 Å². The molecule has 0 aliphatic rings. The highest BCUT2D eigenvalue weighted by molar-refractivity contribution is 6.35. The van der Waals surface area contributed by atoms with Crippen LogP contribution >= 0.6 is 11.6 Å². The number of carbonyl (C=O) groups excluding carboxylic acids is 1. The van der Waals surface area contributed by atoms with Gasteiger partial charge in [0, 0.05) is 11.9 Å². The minimum atomic E-state index is 0.542. The maximum Gasteiger partial charge on any atom is 0.153 e. The summed E-state index contributed by atoms with van der Waals surface area (Å²) >= 11 is 5.95. The predicted octanol–water partition coefficient (Wildman–Crippen LogP) is 2.34.